The van der Waals surface area contributed by atoms with E-state index in [1.165, 1.54) is 20.1 Å². The molecule has 6 nitrogen and oxygen atoms in total. The Morgan fingerprint density at radius 3 is 2.57 bits per heavy atom. The van der Waals surface area contributed by atoms with Crippen molar-refractivity contribution >= 4 is 39.4 Å². The zero-order valence-electron chi connectivity index (χ0n) is 11.1. The molecule has 0 atom stereocenters. The average molecular weight is 348 g/mol. The van der Waals surface area contributed by atoms with Gasteiger partial charge in [-0.2, -0.15) is 18.4 Å². The third kappa shape index (κ3) is 3.55. The van der Waals surface area contributed by atoms with Gasteiger partial charge in [0.1, 0.15) is 5.69 Å². The van der Waals surface area contributed by atoms with E-state index in [9.17, 15) is 8.42 Å². The molecule has 0 spiro atoms. The summed E-state index contributed by atoms with van der Waals surface area (Å²) < 4.78 is 29.0. The summed E-state index contributed by atoms with van der Waals surface area (Å²) in [5.41, 5.74) is 0.871. The molecule has 0 aliphatic rings. The molecule has 0 radical (unpaired) electrons. The largest absolute Gasteiger partial charge is 0.360 e. The SMILES string of the molecule is Cc1noc(C)c1S(=O)(=O)N/N=C/c1ccc(Cl)c(Cl)c1. The van der Waals surface area contributed by atoms with Gasteiger partial charge in [-0.05, 0) is 31.5 Å². The lowest BCUT2D eigenvalue weighted by Gasteiger charge is -2.02. The third-order valence-corrected chi connectivity index (χ3v) is 4.77. The molecule has 0 aliphatic carbocycles. The van der Waals surface area contributed by atoms with Crippen LogP contribution in [0.3, 0.4) is 0 Å². The lowest BCUT2D eigenvalue weighted by atomic mass is 10.2. The van der Waals surface area contributed by atoms with Crippen LogP contribution in [-0.2, 0) is 10.0 Å². The highest BCUT2D eigenvalue weighted by atomic mass is 35.5. The molecule has 0 aliphatic heterocycles. The Labute approximate surface area is 131 Å². The van der Waals surface area contributed by atoms with Crippen molar-refractivity contribution in [3.63, 3.8) is 0 Å². The van der Waals surface area contributed by atoms with E-state index in [2.05, 4.69) is 15.1 Å². The van der Waals surface area contributed by atoms with Gasteiger partial charge in [0.2, 0.25) is 0 Å². The van der Waals surface area contributed by atoms with E-state index in [-0.39, 0.29) is 16.3 Å². The summed E-state index contributed by atoms with van der Waals surface area (Å²) in [6.07, 6.45) is 1.32. The lowest BCUT2D eigenvalue weighted by molar-refractivity contribution is 0.390. The number of rotatable bonds is 4. The van der Waals surface area contributed by atoms with Crippen LogP contribution < -0.4 is 4.83 Å². The first kappa shape index (κ1) is 15.8. The minimum atomic E-state index is -3.83. The molecule has 0 unspecified atom stereocenters. The number of sulfonamides is 1. The zero-order valence-corrected chi connectivity index (χ0v) is 13.4. The predicted octanol–water partition coefficient (Wildman–Crippen LogP) is 2.91. The van der Waals surface area contributed by atoms with Gasteiger partial charge in [-0.3, -0.25) is 0 Å². The van der Waals surface area contributed by atoms with Gasteiger partial charge in [0, 0.05) is 0 Å². The number of nitrogens with zero attached hydrogens (tertiary/aromatic N) is 2. The minimum absolute atomic E-state index is 0.0196. The van der Waals surface area contributed by atoms with Gasteiger partial charge >= 0.3 is 0 Å². The molecule has 0 fully saturated rings. The minimum Gasteiger partial charge on any atom is -0.360 e. The van der Waals surface area contributed by atoms with Gasteiger partial charge in [-0.25, -0.2) is 0 Å². The summed E-state index contributed by atoms with van der Waals surface area (Å²) in [6.45, 7) is 3.05. The van der Waals surface area contributed by atoms with Gasteiger partial charge in [-0.1, -0.05) is 34.4 Å². The Balaban J connectivity index is 2.19. The van der Waals surface area contributed by atoms with Crippen LogP contribution in [0.15, 0.2) is 32.7 Å². The number of aromatic nitrogens is 1. The summed E-state index contributed by atoms with van der Waals surface area (Å²) >= 11 is 11.6. The van der Waals surface area contributed by atoms with Crippen LogP contribution in [0.1, 0.15) is 17.0 Å². The monoisotopic (exact) mass is 347 g/mol. The maximum atomic E-state index is 12.1. The van der Waals surface area contributed by atoms with Gasteiger partial charge in [-0.15, -0.1) is 0 Å². The fourth-order valence-electron chi connectivity index (χ4n) is 1.67. The molecular weight excluding hydrogens is 337 g/mol. The standard InChI is InChI=1S/C12H11Cl2N3O3S/c1-7-12(8(2)20-16-7)21(18,19)17-15-6-9-3-4-10(13)11(14)5-9/h3-6,17H,1-2H3/b15-6+. The highest BCUT2D eigenvalue weighted by molar-refractivity contribution is 7.89. The molecule has 1 heterocycles. The Morgan fingerprint density at radius 2 is 2.00 bits per heavy atom. The molecule has 9 heteroatoms. The van der Waals surface area contributed by atoms with Crippen molar-refractivity contribution in [2.45, 2.75) is 18.7 Å². The van der Waals surface area contributed by atoms with Crippen molar-refractivity contribution in [1.29, 1.82) is 0 Å². The summed E-state index contributed by atoms with van der Waals surface area (Å²) in [7, 11) is -3.83. The van der Waals surface area contributed by atoms with Crippen LogP contribution in [0, 0.1) is 13.8 Å². The average Bonchev–Trinajstić information content (AvgIpc) is 2.74. The summed E-state index contributed by atoms with van der Waals surface area (Å²) in [4.78, 5) is 2.07. The van der Waals surface area contributed by atoms with Gasteiger partial charge in [0.15, 0.2) is 10.7 Å². The molecule has 21 heavy (non-hydrogen) atoms. The molecule has 112 valence electrons. The first-order valence-corrected chi connectivity index (χ1v) is 7.98. The zero-order chi connectivity index (χ0) is 15.6. The Bertz CT molecular complexity index is 781. The quantitative estimate of drug-likeness (QED) is 0.680. The molecule has 2 aromatic rings. The van der Waals surface area contributed by atoms with Crippen molar-refractivity contribution in [2.75, 3.05) is 0 Å². The second-order valence-electron chi connectivity index (χ2n) is 4.18. The number of hydrogen-bond acceptors (Lipinski definition) is 5. The van der Waals surface area contributed by atoms with E-state index in [1.54, 1.807) is 18.2 Å². The number of benzene rings is 1. The van der Waals surface area contributed by atoms with Gasteiger partial charge in [0.05, 0.1) is 16.3 Å². The molecule has 0 saturated carbocycles. The highest BCUT2D eigenvalue weighted by Crippen LogP contribution is 2.22. The first-order chi connectivity index (χ1) is 9.81. The van der Waals surface area contributed by atoms with Crippen LogP contribution in [0.4, 0.5) is 0 Å². The highest BCUT2D eigenvalue weighted by Gasteiger charge is 2.23. The Kier molecular flexibility index (Phi) is 4.55. The van der Waals surface area contributed by atoms with Crippen LogP contribution in [-0.4, -0.2) is 19.8 Å². The molecule has 0 bridgehead atoms. The Morgan fingerprint density at radius 1 is 1.29 bits per heavy atom. The molecule has 0 saturated heterocycles. The number of nitrogens with one attached hydrogen (secondary N) is 1. The molecule has 1 aromatic carbocycles. The molecule has 1 aromatic heterocycles. The van der Waals surface area contributed by atoms with Crippen molar-refractivity contribution in [3.8, 4) is 0 Å². The molecule has 2 rings (SSSR count). The Hall–Kier alpha value is -1.57. The van der Waals surface area contributed by atoms with Crippen LogP contribution in [0.2, 0.25) is 10.0 Å². The molecular formula is C12H11Cl2N3O3S. The maximum Gasteiger partial charge on any atom is 0.282 e. The van der Waals surface area contributed by atoms with Crippen molar-refractivity contribution in [3.05, 3.63) is 45.3 Å². The van der Waals surface area contributed by atoms with Crippen LogP contribution in [0.25, 0.3) is 0 Å². The molecule has 0 amide bonds. The third-order valence-electron chi connectivity index (χ3n) is 2.57. The summed E-state index contributed by atoms with van der Waals surface area (Å²) in [5, 5.41) is 8.04. The number of hydrogen-bond donors (Lipinski definition) is 1. The van der Waals surface area contributed by atoms with Crippen molar-refractivity contribution in [2.24, 2.45) is 5.10 Å². The van der Waals surface area contributed by atoms with E-state index in [0.717, 1.165) is 0 Å². The molecule has 1 N–H and O–H groups in total. The van der Waals surface area contributed by atoms with E-state index in [1.807, 2.05) is 0 Å². The number of halogens is 2. The maximum absolute atomic E-state index is 12.1. The first-order valence-electron chi connectivity index (χ1n) is 5.74. The normalized spacial score (nSPS) is 12.0. The fraction of sp³-hybridized carbons (Fsp3) is 0.167. The van der Waals surface area contributed by atoms with E-state index in [4.69, 9.17) is 27.7 Å². The van der Waals surface area contributed by atoms with Crippen LogP contribution >= 0.6 is 23.2 Å². The van der Waals surface area contributed by atoms with Gasteiger partial charge in [0.25, 0.3) is 10.0 Å². The van der Waals surface area contributed by atoms with Crippen LogP contribution in [0.5, 0.6) is 0 Å². The topological polar surface area (TPSA) is 84.6 Å². The summed E-state index contributed by atoms with van der Waals surface area (Å²) in [6, 6.07) is 4.81. The van der Waals surface area contributed by atoms with E-state index in [0.29, 0.717) is 15.6 Å². The van der Waals surface area contributed by atoms with Gasteiger partial charge < -0.3 is 4.52 Å². The van der Waals surface area contributed by atoms with Crippen molar-refractivity contribution in [1.82, 2.24) is 9.99 Å². The predicted molar refractivity (Wildman–Crippen MR) is 80.4 cm³/mol. The van der Waals surface area contributed by atoms with Crippen molar-refractivity contribution < 1.29 is 12.9 Å². The second kappa shape index (κ2) is 6.05. The number of aryl methyl sites for hydroxylation is 2. The van der Waals surface area contributed by atoms with E-state index < -0.39 is 10.0 Å². The summed E-state index contributed by atoms with van der Waals surface area (Å²) in [5.74, 6) is 0.199. The fourth-order valence-corrected chi connectivity index (χ4v) is 3.10. The van der Waals surface area contributed by atoms with E-state index >= 15 is 0 Å². The number of hydrazone groups is 1. The second-order valence-corrected chi connectivity index (χ2v) is 6.59. The lowest BCUT2D eigenvalue weighted by Crippen LogP contribution is -2.19. The smallest absolute Gasteiger partial charge is 0.282 e.